The van der Waals surface area contributed by atoms with Crippen LogP contribution in [0.25, 0.3) is 0 Å². The maximum absolute atomic E-state index is 12.4. The lowest BCUT2D eigenvalue weighted by Crippen LogP contribution is -2.14. The maximum Gasteiger partial charge on any atom is 0.418 e. The lowest BCUT2D eigenvalue weighted by molar-refractivity contribution is -0.138. The number of aryl methyl sites for hydroxylation is 1. The first-order chi connectivity index (χ1) is 6.36. The Morgan fingerprint density at radius 1 is 1.50 bits per heavy atom. The van der Waals surface area contributed by atoms with E-state index < -0.39 is 11.7 Å². The van der Waals surface area contributed by atoms with Crippen molar-refractivity contribution in [1.82, 2.24) is 4.98 Å². The Bertz CT molecular complexity index is 349. The van der Waals surface area contributed by atoms with Gasteiger partial charge in [0.2, 0.25) is 0 Å². The smallest absolute Gasteiger partial charge is 0.325 e. The van der Waals surface area contributed by atoms with Crippen molar-refractivity contribution in [3.8, 4) is 0 Å². The highest BCUT2D eigenvalue weighted by Crippen LogP contribution is 2.33. The van der Waals surface area contributed by atoms with Crippen molar-refractivity contribution in [2.75, 3.05) is 0 Å². The van der Waals surface area contributed by atoms with E-state index in [0.717, 1.165) is 6.07 Å². The number of nitrogens with two attached hydrogens (primary N) is 1. The topological polar surface area (TPSA) is 38.9 Å². The van der Waals surface area contributed by atoms with E-state index in [-0.39, 0.29) is 23.0 Å². The van der Waals surface area contributed by atoms with Crippen LogP contribution in [0.5, 0.6) is 0 Å². The summed E-state index contributed by atoms with van der Waals surface area (Å²) < 4.78 is 37.2. The molecule has 0 aliphatic heterocycles. The number of hydrogen-bond acceptors (Lipinski definition) is 2. The number of pyridine rings is 1. The van der Waals surface area contributed by atoms with Crippen molar-refractivity contribution < 1.29 is 13.2 Å². The highest BCUT2D eigenvalue weighted by Gasteiger charge is 2.34. The minimum Gasteiger partial charge on any atom is -0.325 e. The van der Waals surface area contributed by atoms with Gasteiger partial charge in [0.05, 0.1) is 11.3 Å². The molecule has 0 spiro atoms. The van der Waals surface area contributed by atoms with E-state index in [1.807, 2.05) is 0 Å². The Balaban J connectivity index is 3.35. The van der Waals surface area contributed by atoms with Crippen LogP contribution in [0.4, 0.5) is 13.2 Å². The van der Waals surface area contributed by atoms with Gasteiger partial charge in [0, 0.05) is 6.54 Å². The van der Waals surface area contributed by atoms with Crippen LogP contribution in [0, 0.1) is 6.92 Å². The predicted octanol–water partition coefficient (Wildman–Crippen LogP) is 2.52. The van der Waals surface area contributed by atoms with Gasteiger partial charge in [-0.2, -0.15) is 13.2 Å². The van der Waals surface area contributed by atoms with E-state index in [1.165, 1.54) is 6.92 Å². The second kappa shape index (κ2) is 3.74. The zero-order valence-electron chi connectivity index (χ0n) is 7.32. The van der Waals surface area contributed by atoms with Crippen molar-refractivity contribution in [2.45, 2.75) is 19.6 Å². The molecule has 0 bridgehead atoms. The summed E-state index contributed by atoms with van der Waals surface area (Å²) in [5.74, 6) is 0. The molecule has 1 aromatic rings. The second-order valence-corrected chi connectivity index (χ2v) is 3.15. The zero-order chi connectivity index (χ0) is 10.9. The van der Waals surface area contributed by atoms with Gasteiger partial charge in [-0.15, -0.1) is 0 Å². The third kappa shape index (κ3) is 2.16. The largest absolute Gasteiger partial charge is 0.418 e. The van der Waals surface area contributed by atoms with Crippen LogP contribution in [0.15, 0.2) is 6.07 Å². The van der Waals surface area contributed by atoms with E-state index in [2.05, 4.69) is 4.98 Å². The van der Waals surface area contributed by atoms with Gasteiger partial charge in [-0.25, -0.2) is 4.98 Å². The zero-order valence-corrected chi connectivity index (χ0v) is 8.08. The summed E-state index contributed by atoms with van der Waals surface area (Å²) in [6.07, 6.45) is -4.43. The average molecular weight is 225 g/mol. The summed E-state index contributed by atoms with van der Waals surface area (Å²) in [5.41, 5.74) is 4.39. The van der Waals surface area contributed by atoms with Gasteiger partial charge >= 0.3 is 6.18 Å². The Kier molecular flexibility index (Phi) is 3.01. The molecule has 0 atom stereocenters. The van der Waals surface area contributed by atoms with Crippen molar-refractivity contribution in [3.63, 3.8) is 0 Å². The van der Waals surface area contributed by atoms with Crippen LogP contribution in [0.3, 0.4) is 0 Å². The number of aromatic nitrogens is 1. The average Bonchev–Trinajstić information content (AvgIpc) is 2.07. The highest BCUT2D eigenvalue weighted by atomic mass is 35.5. The molecule has 1 aromatic heterocycles. The van der Waals surface area contributed by atoms with Gasteiger partial charge in [0.1, 0.15) is 5.15 Å². The monoisotopic (exact) mass is 224 g/mol. The third-order valence-electron chi connectivity index (χ3n) is 1.73. The summed E-state index contributed by atoms with van der Waals surface area (Å²) in [4.78, 5) is 3.58. The number of rotatable bonds is 1. The SMILES string of the molecule is Cc1cc(C(F)(F)F)c(CN)nc1Cl. The van der Waals surface area contributed by atoms with Crippen LogP contribution in [0.1, 0.15) is 16.8 Å². The first-order valence-corrected chi connectivity index (χ1v) is 4.17. The quantitative estimate of drug-likeness (QED) is 0.745. The van der Waals surface area contributed by atoms with Gasteiger partial charge in [-0.05, 0) is 18.6 Å². The van der Waals surface area contributed by atoms with E-state index in [9.17, 15) is 13.2 Å². The van der Waals surface area contributed by atoms with Crippen molar-refractivity contribution in [1.29, 1.82) is 0 Å². The number of hydrogen-bond donors (Lipinski definition) is 1. The summed E-state index contributed by atoms with van der Waals surface area (Å²) >= 11 is 5.58. The summed E-state index contributed by atoms with van der Waals surface area (Å²) in [6, 6.07) is 0.956. The number of alkyl halides is 3. The molecular formula is C8H8ClF3N2. The lowest BCUT2D eigenvalue weighted by Gasteiger charge is -2.12. The van der Waals surface area contributed by atoms with Crippen molar-refractivity contribution >= 4 is 11.6 Å². The highest BCUT2D eigenvalue weighted by molar-refractivity contribution is 6.30. The summed E-state index contributed by atoms with van der Waals surface area (Å²) in [6.45, 7) is 1.18. The predicted molar refractivity (Wildman–Crippen MR) is 46.9 cm³/mol. The molecule has 2 N–H and O–H groups in total. The number of halogens is 4. The fourth-order valence-electron chi connectivity index (χ4n) is 1.03. The molecule has 0 radical (unpaired) electrons. The van der Waals surface area contributed by atoms with Gasteiger partial charge in [-0.1, -0.05) is 11.6 Å². The van der Waals surface area contributed by atoms with Crippen molar-refractivity contribution in [3.05, 3.63) is 28.0 Å². The lowest BCUT2D eigenvalue weighted by atomic mass is 10.1. The Morgan fingerprint density at radius 2 is 2.07 bits per heavy atom. The molecule has 6 heteroatoms. The van der Waals surface area contributed by atoms with Crippen LogP contribution in [-0.2, 0) is 12.7 Å². The van der Waals surface area contributed by atoms with Crippen molar-refractivity contribution in [2.24, 2.45) is 5.73 Å². The van der Waals surface area contributed by atoms with E-state index in [4.69, 9.17) is 17.3 Å². The van der Waals surface area contributed by atoms with Crippen LogP contribution < -0.4 is 5.73 Å². The molecule has 78 valence electrons. The molecule has 0 fully saturated rings. The van der Waals surface area contributed by atoms with Gasteiger partial charge < -0.3 is 5.73 Å². The fourth-order valence-corrected chi connectivity index (χ4v) is 1.18. The molecule has 0 aliphatic carbocycles. The molecule has 1 rings (SSSR count). The maximum atomic E-state index is 12.4. The minimum absolute atomic E-state index is 0.0541. The molecule has 0 unspecified atom stereocenters. The van der Waals surface area contributed by atoms with Gasteiger partial charge in [0.25, 0.3) is 0 Å². The molecule has 2 nitrogen and oxygen atoms in total. The molecule has 1 heterocycles. The Morgan fingerprint density at radius 3 is 2.50 bits per heavy atom. The van der Waals surface area contributed by atoms with E-state index in [0.29, 0.717) is 0 Å². The van der Waals surface area contributed by atoms with Crippen LogP contribution in [0.2, 0.25) is 5.15 Å². The summed E-state index contributed by atoms with van der Waals surface area (Å²) in [5, 5.41) is 0.0541. The van der Waals surface area contributed by atoms with Gasteiger partial charge in [0.15, 0.2) is 0 Å². The fraction of sp³-hybridized carbons (Fsp3) is 0.375. The van der Waals surface area contributed by atoms with Gasteiger partial charge in [-0.3, -0.25) is 0 Å². The second-order valence-electron chi connectivity index (χ2n) is 2.79. The summed E-state index contributed by atoms with van der Waals surface area (Å²) in [7, 11) is 0. The number of nitrogens with zero attached hydrogens (tertiary/aromatic N) is 1. The molecule has 0 aromatic carbocycles. The molecule has 0 saturated carbocycles. The third-order valence-corrected chi connectivity index (χ3v) is 2.11. The normalized spacial score (nSPS) is 11.9. The van der Waals surface area contributed by atoms with Crippen LogP contribution >= 0.6 is 11.6 Å². The molecule has 0 aliphatic rings. The molecule has 0 amide bonds. The van der Waals surface area contributed by atoms with E-state index in [1.54, 1.807) is 0 Å². The first-order valence-electron chi connectivity index (χ1n) is 3.79. The van der Waals surface area contributed by atoms with Crippen LogP contribution in [-0.4, -0.2) is 4.98 Å². The minimum atomic E-state index is -4.43. The Hall–Kier alpha value is -0.810. The molecule has 0 saturated heterocycles. The standard InChI is InChI=1S/C8H8ClF3N2/c1-4-2-5(8(10,11)12)6(3-13)14-7(4)9/h2H,3,13H2,1H3. The molecule has 14 heavy (non-hydrogen) atoms. The molecular weight excluding hydrogens is 217 g/mol. The Labute approximate surface area is 83.9 Å². The van der Waals surface area contributed by atoms with E-state index >= 15 is 0 Å². The first kappa shape index (κ1) is 11.3.